The number of carbonyl (C=O) groups is 1. The number of carboxylic acids is 1. The zero-order valence-electron chi connectivity index (χ0n) is 14.1. The fourth-order valence-electron chi connectivity index (χ4n) is 2.51. The molecule has 0 saturated carbocycles. The van der Waals surface area contributed by atoms with Crippen LogP contribution in [-0.4, -0.2) is 27.7 Å². The number of hydrogen-bond donors (Lipinski definition) is 2. The second-order valence-corrected chi connectivity index (χ2v) is 7.03. The van der Waals surface area contributed by atoms with Crippen LogP contribution in [-0.2, 0) is 4.79 Å². The van der Waals surface area contributed by atoms with Gasteiger partial charge in [0.25, 0.3) is 0 Å². The van der Waals surface area contributed by atoms with Gasteiger partial charge in [0, 0.05) is 0 Å². The normalized spacial score (nSPS) is 11.4. The van der Waals surface area contributed by atoms with Crippen molar-refractivity contribution in [2.75, 3.05) is 6.61 Å². The molecule has 136 valence electrons. The van der Waals surface area contributed by atoms with Crippen LogP contribution in [0.2, 0.25) is 5.02 Å². The van der Waals surface area contributed by atoms with E-state index >= 15 is 0 Å². The maximum absolute atomic E-state index is 10.7. The number of nitrogens with zero attached hydrogens (tertiary/aromatic N) is 2. The van der Waals surface area contributed by atoms with Gasteiger partial charge in [0.05, 0.1) is 26.1 Å². The molecule has 0 aliphatic rings. The average Bonchev–Trinajstić information content (AvgIpc) is 3.01. The Balaban J connectivity index is 1.97. The number of benzene rings is 2. The predicted octanol–water partition coefficient (Wildman–Crippen LogP) is 4.81. The van der Waals surface area contributed by atoms with Gasteiger partial charge in [-0.25, -0.2) is 9.78 Å². The molecule has 2 aromatic carbocycles. The summed E-state index contributed by atoms with van der Waals surface area (Å²) in [6.07, 6.45) is 1.64. The smallest absolute Gasteiger partial charge is 0.341 e. The van der Waals surface area contributed by atoms with E-state index in [4.69, 9.17) is 21.4 Å². The van der Waals surface area contributed by atoms with Gasteiger partial charge in [-0.05, 0) is 64.3 Å². The molecule has 0 radical (unpaired) electrons. The van der Waals surface area contributed by atoms with E-state index in [1.165, 1.54) is 0 Å². The first-order valence-corrected chi connectivity index (χ1v) is 8.96. The van der Waals surface area contributed by atoms with Gasteiger partial charge in [0.15, 0.2) is 12.4 Å². The van der Waals surface area contributed by atoms with Gasteiger partial charge in [0.1, 0.15) is 11.9 Å². The second-order valence-electron chi connectivity index (χ2n) is 5.77. The fraction of sp³-hybridized carbons (Fsp3) is 0.105. The zero-order valence-corrected chi connectivity index (χ0v) is 16.4. The lowest BCUT2D eigenvalue weighted by molar-refractivity contribution is -0.139. The van der Waals surface area contributed by atoms with Crippen molar-refractivity contribution in [2.24, 2.45) is 0 Å². The van der Waals surface area contributed by atoms with E-state index in [9.17, 15) is 10.1 Å². The van der Waals surface area contributed by atoms with Gasteiger partial charge in [-0.3, -0.25) is 0 Å². The van der Waals surface area contributed by atoms with Crippen LogP contribution in [0.1, 0.15) is 17.0 Å². The van der Waals surface area contributed by atoms with Crippen LogP contribution in [0.3, 0.4) is 0 Å². The van der Waals surface area contributed by atoms with Crippen molar-refractivity contribution in [3.63, 3.8) is 0 Å². The van der Waals surface area contributed by atoms with Crippen molar-refractivity contribution < 1.29 is 14.6 Å². The maximum Gasteiger partial charge on any atom is 0.341 e. The Morgan fingerprint density at radius 2 is 2.22 bits per heavy atom. The Kier molecular flexibility index (Phi) is 5.49. The molecule has 0 fully saturated rings. The van der Waals surface area contributed by atoms with Crippen molar-refractivity contribution >= 4 is 56.2 Å². The summed E-state index contributed by atoms with van der Waals surface area (Å²) >= 11 is 9.50. The van der Waals surface area contributed by atoms with E-state index in [1.807, 2.05) is 25.1 Å². The molecule has 0 aliphatic heterocycles. The number of nitriles is 1. The van der Waals surface area contributed by atoms with Gasteiger partial charge in [-0.2, -0.15) is 5.26 Å². The SMILES string of the molecule is Cc1ccc2nc(/C(C#N)=C/c3cc(Cl)c(OCC(=O)O)c(Br)c3)[nH]c2c1. The van der Waals surface area contributed by atoms with Gasteiger partial charge in [0.2, 0.25) is 0 Å². The molecule has 0 saturated heterocycles. The van der Waals surface area contributed by atoms with Crippen LogP contribution in [0, 0.1) is 18.3 Å². The van der Waals surface area contributed by atoms with E-state index < -0.39 is 12.6 Å². The standard InChI is InChI=1S/C19H13BrClN3O3/c1-10-2-3-15-16(4-10)24-19(23-15)12(8-22)5-11-6-13(20)18(14(21)7-11)27-9-17(25)26/h2-7H,9H2,1H3,(H,23,24)(H,25,26)/b12-5+. The zero-order chi connectivity index (χ0) is 19.6. The highest BCUT2D eigenvalue weighted by atomic mass is 79.9. The number of aliphatic carboxylic acids is 1. The summed E-state index contributed by atoms with van der Waals surface area (Å²) in [6.45, 7) is 1.48. The van der Waals surface area contributed by atoms with Crippen LogP contribution < -0.4 is 4.74 Å². The molecule has 2 N–H and O–H groups in total. The number of carboxylic acid groups (broad SMARTS) is 1. The second kappa shape index (κ2) is 7.82. The van der Waals surface area contributed by atoms with Crippen LogP contribution in [0.15, 0.2) is 34.8 Å². The predicted molar refractivity (Wildman–Crippen MR) is 107 cm³/mol. The van der Waals surface area contributed by atoms with Crippen molar-refractivity contribution in [2.45, 2.75) is 6.92 Å². The van der Waals surface area contributed by atoms with Crippen LogP contribution in [0.25, 0.3) is 22.7 Å². The largest absolute Gasteiger partial charge is 0.479 e. The molecule has 27 heavy (non-hydrogen) atoms. The van der Waals surface area contributed by atoms with E-state index in [0.717, 1.165) is 16.6 Å². The quantitative estimate of drug-likeness (QED) is 0.548. The lowest BCUT2D eigenvalue weighted by atomic mass is 10.1. The Morgan fingerprint density at radius 1 is 1.44 bits per heavy atom. The van der Waals surface area contributed by atoms with Crippen LogP contribution in [0.4, 0.5) is 0 Å². The molecule has 8 heteroatoms. The number of H-pyrrole nitrogens is 1. The summed E-state index contributed by atoms with van der Waals surface area (Å²) in [4.78, 5) is 18.3. The van der Waals surface area contributed by atoms with Crippen LogP contribution in [0.5, 0.6) is 5.75 Å². The number of fused-ring (bicyclic) bond motifs is 1. The molecule has 0 atom stereocenters. The van der Waals surface area contributed by atoms with E-state index in [2.05, 4.69) is 32.0 Å². The van der Waals surface area contributed by atoms with Gasteiger partial charge >= 0.3 is 5.97 Å². The molecule has 1 heterocycles. The lowest BCUT2D eigenvalue weighted by Gasteiger charge is -2.09. The van der Waals surface area contributed by atoms with Gasteiger partial charge in [-0.1, -0.05) is 17.7 Å². The Bertz CT molecular complexity index is 1090. The molecule has 0 spiro atoms. The van der Waals surface area contributed by atoms with Crippen LogP contribution >= 0.6 is 27.5 Å². The van der Waals surface area contributed by atoms with E-state index in [-0.39, 0.29) is 10.8 Å². The summed E-state index contributed by atoms with van der Waals surface area (Å²) in [7, 11) is 0. The summed E-state index contributed by atoms with van der Waals surface area (Å²) < 4.78 is 5.65. The molecule has 6 nitrogen and oxygen atoms in total. The number of ether oxygens (including phenoxy) is 1. The third-order valence-electron chi connectivity index (χ3n) is 3.68. The summed E-state index contributed by atoms with van der Waals surface area (Å²) in [5, 5.41) is 18.5. The number of hydrogen-bond acceptors (Lipinski definition) is 4. The number of halogens is 2. The molecule has 0 amide bonds. The van der Waals surface area contributed by atoms with Gasteiger partial charge in [-0.15, -0.1) is 0 Å². The molecular weight excluding hydrogens is 434 g/mol. The third kappa shape index (κ3) is 4.30. The van der Waals surface area contributed by atoms with Crippen molar-refractivity contribution in [1.29, 1.82) is 5.26 Å². The minimum absolute atomic E-state index is 0.230. The Labute approximate surface area is 168 Å². The maximum atomic E-state index is 10.7. The molecule has 0 bridgehead atoms. The summed E-state index contributed by atoms with van der Waals surface area (Å²) in [5.41, 5.74) is 3.69. The highest BCUT2D eigenvalue weighted by Crippen LogP contribution is 2.35. The van der Waals surface area contributed by atoms with E-state index in [1.54, 1.807) is 18.2 Å². The van der Waals surface area contributed by atoms with Gasteiger partial charge < -0.3 is 14.8 Å². The minimum atomic E-state index is -1.10. The molecule has 0 aliphatic carbocycles. The fourth-order valence-corrected chi connectivity index (χ4v) is 3.49. The summed E-state index contributed by atoms with van der Waals surface area (Å²) in [5.74, 6) is -0.417. The third-order valence-corrected chi connectivity index (χ3v) is 4.55. The Hall–Kier alpha value is -2.82. The number of aromatic amines is 1. The first kappa shape index (κ1) is 19.0. The molecule has 1 aromatic heterocycles. The first-order valence-electron chi connectivity index (χ1n) is 7.79. The van der Waals surface area contributed by atoms with Crippen molar-refractivity contribution in [3.8, 4) is 11.8 Å². The van der Waals surface area contributed by atoms with E-state index in [0.29, 0.717) is 21.4 Å². The number of allylic oxidation sites excluding steroid dienone is 1. The minimum Gasteiger partial charge on any atom is -0.479 e. The highest BCUT2D eigenvalue weighted by Gasteiger charge is 2.13. The average molecular weight is 447 g/mol. The van der Waals surface area contributed by atoms with Crippen molar-refractivity contribution in [3.05, 3.63) is 56.8 Å². The summed E-state index contributed by atoms with van der Waals surface area (Å²) in [6, 6.07) is 11.2. The molecule has 3 aromatic rings. The Morgan fingerprint density at radius 3 is 2.89 bits per heavy atom. The van der Waals surface area contributed by atoms with Crippen molar-refractivity contribution in [1.82, 2.24) is 9.97 Å². The number of rotatable bonds is 5. The number of nitrogens with one attached hydrogen (secondary N) is 1. The molecular formula is C19H13BrClN3O3. The number of aromatic nitrogens is 2. The molecule has 3 rings (SSSR count). The first-order chi connectivity index (χ1) is 12.9. The number of imidazole rings is 1. The topological polar surface area (TPSA) is 99.0 Å². The lowest BCUT2D eigenvalue weighted by Crippen LogP contribution is -2.10. The highest BCUT2D eigenvalue weighted by molar-refractivity contribution is 9.10. The number of aryl methyl sites for hydroxylation is 1. The monoisotopic (exact) mass is 445 g/mol. The molecule has 0 unspecified atom stereocenters.